The van der Waals surface area contributed by atoms with Gasteiger partial charge in [-0.3, -0.25) is 4.79 Å². The van der Waals surface area contributed by atoms with Gasteiger partial charge in [0.15, 0.2) is 0 Å². The fourth-order valence-corrected chi connectivity index (χ4v) is 13.1. The van der Waals surface area contributed by atoms with Crippen molar-refractivity contribution < 1.29 is 9.53 Å². The number of esters is 1. The van der Waals surface area contributed by atoms with Crippen molar-refractivity contribution in [3.05, 3.63) is 48.1 Å². The molecule has 0 aromatic carbocycles. The van der Waals surface area contributed by atoms with Gasteiger partial charge in [-0.15, -0.1) is 0 Å². The van der Waals surface area contributed by atoms with E-state index in [4.69, 9.17) is 4.74 Å². The number of carbonyl (C=O) groups is 1. The zero-order valence-corrected chi connectivity index (χ0v) is 34.3. The Bertz CT molecular complexity index is 1270. The van der Waals surface area contributed by atoms with Gasteiger partial charge < -0.3 is 4.74 Å². The number of ether oxygens (including phenoxy) is 1. The fraction of sp³-hybridized carbons (Fsp3) is 0.812. The molecule has 10 atom stereocenters. The molecule has 4 fully saturated rings. The second-order valence-corrected chi connectivity index (χ2v) is 19.7. The highest BCUT2D eigenvalue weighted by molar-refractivity contribution is 5.69. The van der Waals surface area contributed by atoms with Crippen molar-refractivity contribution in [1.82, 2.24) is 0 Å². The highest BCUT2D eigenvalue weighted by Crippen LogP contribution is 2.75. The predicted octanol–water partition coefficient (Wildman–Crippen LogP) is 14.2. The molecule has 0 unspecified atom stereocenters. The number of hydrogen-bond donors (Lipinski definition) is 0. The van der Waals surface area contributed by atoms with Crippen LogP contribution in [-0.4, -0.2) is 12.1 Å². The lowest BCUT2D eigenvalue weighted by Gasteiger charge is -2.71. The summed E-state index contributed by atoms with van der Waals surface area (Å²) in [5, 5.41) is 0. The van der Waals surface area contributed by atoms with Crippen LogP contribution in [0.4, 0.5) is 0 Å². The summed E-state index contributed by atoms with van der Waals surface area (Å²) in [7, 11) is 0. The maximum atomic E-state index is 13.2. The third-order valence-corrected chi connectivity index (χ3v) is 16.6. The van der Waals surface area contributed by atoms with Crippen molar-refractivity contribution in [1.29, 1.82) is 0 Å². The third kappa shape index (κ3) is 7.58. The lowest BCUT2D eigenvalue weighted by Crippen LogP contribution is -2.65. The van der Waals surface area contributed by atoms with E-state index in [1.54, 1.807) is 0 Å². The molecule has 0 aliphatic heterocycles. The first-order valence-corrected chi connectivity index (χ1v) is 21.6. The van der Waals surface area contributed by atoms with Gasteiger partial charge in [-0.1, -0.05) is 130 Å². The van der Waals surface area contributed by atoms with Gasteiger partial charge >= 0.3 is 5.97 Å². The molecule has 2 nitrogen and oxygen atoms in total. The Kier molecular flexibility index (Phi) is 12.8. The molecule has 5 aliphatic rings. The topological polar surface area (TPSA) is 26.3 Å². The Balaban J connectivity index is 1.10. The minimum Gasteiger partial charge on any atom is -0.462 e. The van der Waals surface area contributed by atoms with E-state index in [-0.39, 0.29) is 17.5 Å². The second kappa shape index (κ2) is 16.2. The summed E-state index contributed by atoms with van der Waals surface area (Å²) in [4.78, 5) is 13.2. The largest absolute Gasteiger partial charge is 0.462 e. The molecule has 282 valence electrons. The van der Waals surface area contributed by atoms with Gasteiger partial charge in [0, 0.05) is 11.8 Å². The molecule has 0 spiro atoms. The van der Waals surface area contributed by atoms with Gasteiger partial charge in [0.1, 0.15) is 6.10 Å². The molecule has 0 amide bonds. The van der Waals surface area contributed by atoms with Crippen LogP contribution in [-0.2, 0) is 9.53 Å². The summed E-state index contributed by atoms with van der Waals surface area (Å²) in [5.41, 5.74) is 3.35. The minimum absolute atomic E-state index is 0.0166. The number of rotatable bonds is 14. The lowest BCUT2D eigenvalue weighted by molar-refractivity contribution is -0.213. The maximum Gasteiger partial charge on any atom is 0.306 e. The first kappa shape index (κ1) is 39.6. The van der Waals surface area contributed by atoms with E-state index < -0.39 is 0 Å². The van der Waals surface area contributed by atoms with E-state index in [1.165, 1.54) is 70.6 Å². The highest BCUT2D eigenvalue weighted by atomic mass is 16.5. The Morgan fingerprint density at radius 2 is 1.44 bits per heavy atom. The van der Waals surface area contributed by atoms with E-state index in [0.29, 0.717) is 39.9 Å². The van der Waals surface area contributed by atoms with Crippen molar-refractivity contribution in [3.63, 3.8) is 0 Å². The van der Waals surface area contributed by atoms with Crippen LogP contribution in [0.1, 0.15) is 184 Å². The quantitative estimate of drug-likeness (QED) is 0.103. The average Bonchev–Trinajstić information content (AvgIpc) is 3.07. The Labute approximate surface area is 309 Å². The number of allylic oxidation sites excluding steroid dienone is 8. The van der Waals surface area contributed by atoms with Crippen molar-refractivity contribution in [2.75, 3.05) is 0 Å². The summed E-state index contributed by atoms with van der Waals surface area (Å²) in [6.07, 6.45) is 38.9. The maximum absolute atomic E-state index is 13.2. The molecule has 0 heterocycles. The molecular formula is C48H78O2. The van der Waals surface area contributed by atoms with Crippen LogP contribution in [0.25, 0.3) is 0 Å². The van der Waals surface area contributed by atoms with E-state index in [0.717, 1.165) is 62.7 Å². The molecule has 4 saturated carbocycles. The monoisotopic (exact) mass is 687 g/mol. The first-order chi connectivity index (χ1) is 23.7. The van der Waals surface area contributed by atoms with Crippen LogP contribution in [0.15, 0.2) is 48.1 Å². The molecule has 0 aromatic rings. The lowest BCUT2D eigenvalue weighted by atomic mass is 9.33. The van der Waals surface area contributed by atoms with Crippen molar-refractivity contribution in [3.8, 4) is 0 Å². The van der Waals surface area contributed by atoms with Gasteiger partial charge in [0.25, 0.3) is 0 Å². The second-order valence-electron chi connectivity index (χ2n) is 19.7. The SMILES string of the molecule is CC/C=C\C/C=C\C/C=C\CCCCCCCC(=O)O[C@H]1CC[C@]2(C)[C@H]3CC=C4[C@@H]5[C@@H](C)[C@H](C)CC[C@]5(C)CC[C@@]4(C)[C@]3(C)CC[C@H]2C1(C)C. The number of carbonyl (C=O) groups excluding carboxylic acids is 1. The van der Waals surface area contributed by atoms with Crippen LogP contribution < -0.4 is 0 Å². The molecule has 0 radical (unpaired) electrons. The molecule has 5 aliphatic carbocycles. The third-order valence-electron chi connectivity index (χ3n) is 16.6. The minimum atomic E-state index is 0.0166. The standard InChI is InChI=1S/C48H78O2/c1-10-11-12-13-14-15-16-17-18-19-20-21-22-23-24-25-42(49)50-41-30-32-46(7)39(44(41,4)5)29-33-48(9)40(46)27-26-38-43-37(3)36(2)28-31-45(43,6)34-35-47(38,48)8/h11-12,14-15,17-18,26,36-37,39-41,43H,10,13,16,19-25,27-35H2,1-9H3/b12-11-,15-14-,18-17-/t36-,37+,39+,40-,41+,43+,45-,46+,47-,48-/m1/s1. The van der Waals surface area contributed by atoms with Crippen LogP contribution in [0.2, 0.25) is 0 Å². The zero-order chi connectivity index (χ0) is 36.2. The molecule has 0 saturated heterocycles. The van der Waals surface area contributed by atoms with Crippen molar-refractivity contribution >= 4 is 5.97 Å². The normalized spacial score (nSPS) is 41.0. The summed E-state index contributed by atoms with van der Waals surface area (Å²) in [5.74, 6) is 3.75. The number of unbranched alkanes of at least 4 members (excludes halogenated alkanes) is 5. The fourth-order valence-electron chi connectivity index (χ4n) is 13.1. The summed E-state index contributed by atoms with van der Waals surface area (Å²) < 4.78 is 6.41. The number of fused-ring (bicyclic) bond motifs is 7. The molecule has 0 N–H and O–H groups in total. The van der Waals surface area contributed by atoms with E-state index in [9.17, 15) is 4.79 Å². The summed E-state index contributed by atoms with van der Waals surface area (Å²) >= 11 is 0. The van der Waals surface area contributed by atoms with Crippen LogP contribution >= 0.6 is 0 Å². The van der Waals surface area contributed by atoms with Crippen molar-refractivity contribution in [2.45, 2.75) is 190 Å². The van der Waals surface area contributed by atoms with E-state index in [1.807, 2.05) is 5.57 Å². The van der Waals surface area contributed by atoms with Crippen LogP contribution in [0.3, 0.4) is 0 Å². The van der Waals surface area contributed by atoms with Gasteiger partial charge in [0.05, 0.1) is 0 Å². The van der Waals surface area contributed by atoms with Gasteiger partial charge in [-0.2, -0.15) is 0 Å². The smallest absolute Gasteiger partial charge is 0.306 e. The molecule has 0 aromatic heterocycles. The predicted molar refractivity (Wildman–Crippen MR) is 214 cm³/mol. The molecular weight excluding hydrogens is 609 g/mol. The first-order valence-electron chi connectivity index (χ1n) is 21.6. The van der Waals surface area contributed by atoms with Gasteiger partial charge in [-0.05, 0) is 148 Å². The molecule has 50 heavy (non-hydrogen) atoms. The summed E-state index contributed by atoms with van der Waals surface area (Å²) in [6, 6.07) is 0. The number of hydrogen-bond acceptors (Lipinski definition) is 2. The molecule has 5 rings (SSSR count). The Morgan fingerprint density at radius 1 is 0.760 bits per heavy atom. The van der Waals surface area contributed by atoms with Crippen molar-refractivity contribution in [2.24, 2.45) is 56.7 Å². The summed E-state index contributed by atoms with van der Waals surface area (Å²) in [6.45, 7) is 23.0. The van der Waals surface area contributed by atoms with Crippen LogP contribution in [0, 0.1) is 56.7 Å². The Morgan fingerprint density at radius 3 is 2.18 bits per heavy atom. The van der Waals surface area contributed by atoms with E-state index in [2.05, 4.69) is 105 Å². The average molecular weight is 687 g/mol. The zero-order valence-electron chi connectivity index (χ0n) is 34.3. The highest BCUT2D eigenvalue weighted by Gasteiger charge is 2.68. The van der Waals surface area contributed by atoms with E-state index >= 15 is 0 Å². The van der Waals surface area contributed by atoms with Gasteiger partial charge in [0.2, 0.25) is 0 Å². The van der Waals surface area contributed by atoms with Crippen LogP contribution in [0.5, 0.6) is 0 Å². The Hall–Kier alpha value is -1.57. The molecule has 2 heteroatoms. The molecule has 0 bridgehead atoms. The van der Waals surface area contributed by atoms with Gasteiger partial charge in [-0.25, -0.2) is 0 Å².